The van der Waals surface area contributed by atoms with Crippen LogP contribution in [0, 0.1) is 5.92 Å². The molecule has 0 unspecified atom stereocenters. The maximum Gasteiger partial charge on any atom is 0.411 e. The first-order valence-corrected chi connectivity index (χ1v) is 5.82. The van der Waals surface area contributed by atoms with E-state index in [2.05, 4.69) is 10.1 Å². The molecule has 0 aliphatic rings. The molecular formula is C11H20F3NO2. The van der Waals surface area contributed by atoms with E-state index in [0.29, 0.717) is 13.0 Å². The van der Waals surface area contributed by atoms with Gasteiger partial charge in [0.2, 0.25) is 5.91 Å². The van der Waals surface area contributed by atoms with E-state index in [9.17, 15) is 18.0 Å². The van der Waals surface area contributed by atoms with E-state index in [0.717, 1.165) is 12.8 Å². The zero-order valence-electron chi connectivity index (χ0n) is 10.3. The van der Waals surface area contributed by atoms with Gasteiger partial charge in [-0.2, -0.15) is 13.2 Å². The Morgan fingerprint density at radius 1 is 1.29 bits per heavy atom. The van der Waals surface area contributed by atoms with Crippen molar-refractivity contribution >= 4 is 5.91 Å². The molecule has 0 radical (unpaired) electrons. The van der Waals surface area contributed by atoms with Gasteiger partial charge in [0, 0.05) is 19.1 Å². The largest absolute Gasteiger partial charge is 0.411 e. The van der Waals surface area contributed by atoms with Crippen molar-refractivity contribution in [2.45, 2.75) is 39.3 Å². The Bertz CT molecular complexity index is 215. The van der Waals surface area contributed by atoms with Crippen molar-refractivity contribution in [2.75, 3.05) is 19.8 Å². The molecule has 0 saturated carbocycles. The van der Waals surface area contributed by atoms with Crippen molar-refractivity contribution in [3.05, 3.63) is 0 Å². The Kier molecular flexibility index (Phi) is 7.95. The van der Waals surface area contributed by atoms with Gasteiger partial charge < -0.3 is 10.1 Å². The fraction of sp³-hybridized carbons (Fsp3) is 0.909. The predicted octanol–water partition coefficient (Wildman–Crippen LogP) is 2.51. The van der Waals surface area contributed by atoms with Crippen LogP contribution < -0.4 is 5.32 Å². The molecular weight excluding hydrogens is 235 g/mol. The lowest BCUT2D eigenvalue weighted by Crippen LogP contribution is -2.31. The van der Waals surface area contributed by atoms with Gasteiger partial charge in [-0.15, -0.1) is 0 Å². The second-order valence-electron chi connectivity index (χ2n) is 3.83. The fourth-order valence-electron chi connectivity index (χ4n) is 1.38. The van der Waals surface area contributed by atoms with Crippen molar-refractivity contribution in [1.29, 1.82) is 0 Å². The molecule has 0 bridgehead atoms. The Balaban J connectivity index is 3.49. The highest BCUT2D eigenvalue weighted by molar-refractivity contribution is 5.78. The molecule has 0 aliphatic heterocycles. The minimum atomic E-state index is -4.28. The first-order valence-electron chi connectivity index (χ1n) is 5.82. The Labute approximate surface area is 99.7 Å². The monoisotopic (exact) mass is 255 g/mol. The third-order valence-corrected chi connectivity index (χ3v) is 2.39. The van der Waals surface area contributed by atoms with Crippen molar-refractivity contribution < 1.29 is 22.7 Å². The van der Waals surface area contributed by atoms with Gasteiger partial charge in [0.05, 0.1) is 0 Å². The van der Waals surface area contributed by atoms with E-state index in [1.165, 1.54) is 0 Å². The maximum atomic E-state index is 11.7. The van der Waals surface area contributed by atoms with Crippen LogP contribution in [-0.4, -0.2) is 31.8 Å². The smallest absolute Gasteiger partial charge is 0.372 e. The molecule has 0 saturated heterocycles. The summed E-state index contributed by atoms with van der Waals surface area (Å²) in [6.07, 6.45) is -2.35. The molecule has 1 amide bonds. The van der Waals surface area contributed by atoms with Crippen molar-refractivity contribution in [3.63, 3.8) is 0 Å². The highest BCUT2D eigenvalue weighted by Crippen LogP contribution is 2.14. The molecule has 102 valence electrons. The minimum Gasteiger partial charge on any atom is -0.372 e. The van der Waals surface area contributed by atoms with Gasteiger partial charge in [0.1, 0.15) is 6.61 Å². The summed E-state index contributed by atoms with van der Waals surface area (Å²) in [6.45, 7) is 2.99. The van der Waals surface area contributed by atoms with Crippen molar-refractivity contribution in [2.24, 2.45) is 5.92 Å². The standard InChI is InChI=1S/C11H20F3NO2/c1-3-9(4-2)10(16)15-6-5-7-17-8-11(12,13)14/h9H,3-8H2,1-2H3,(H,15,16). The summed E-state index contributed by atoms with van der Waals surface area (Å²) in [5, 5.41) is 2.68. The number of nitrogens with one attached hydrogen (secondary N) is 1. The van der Waals surface area contributed by atoms with Crippen LogP contribution in [0.15, 0.2) is 0 Å². The summed E-state index contributed by atoms with van der Waals surface area (Å²) in [4.78, 5) is 11.5. The second-order valence-corrected chi connectivity index (χ2v) is 3.83. The van der Waals surface area contributed by atoms with Gasteiger partial charge in [0.15, 0.2) is 0 Å². The van der Waals surface area contributed by atoms with Gasteiger partial charge in [-0.05, 0) is 19.3 Å². The molecule has 0 spiro atoms. The van der Waals surface area contributed by atoms with E-state index >= 15 is 0 Å². The molecule has 0 atom stereocenters. The number of carbonyl (C=O) groups excluding carboxylic acids is 1. The van der Waals surface area contributed by atoms with Crippen LogP contribution in [0.4, 0.5) is 13.2 Å². The average Bonchev–Trinajstić information content (AvgIpc) is 2.23. The first-order chi connectivity index (χ1) is 7.90. The third-order valence-electron chi connectivity index (χ3n) is 2.39. The van der Waals surface area contributed by atoms with E-state index in [1.54, 1.807) is 0 Å². The summed E-state index contributed by atoms with van der Waals surface area (Å²) in [5.74, 6) is -0.0445. The third kappa shape index (κ3) is 8.97. The zero-order chi connectivity index (χ0) is 13.3. The van der Waals surface area contributed by atoms with Gasteiger partial charge >= 0.3 is 6.18 Å². The van der Waals surface area contributed by atoms with Crippen LogP contribution in [0.5, 0.6) is 0 Å². The topological polar surface area (TPSA) is 38.3 Å². The summed E-state index contributed by atoms with van der Waals surface area (Å²) in [7, 11) is 0. The van der Waals surface area contributed by atoms with E-state index in [4.69, 9.17) is 0 Å². The van der Waals surface area contributed by atoms with Crippen LogP contribution in [0.2, 0.25) is 0 Å². The molecule has 0 aliphatic carbocycles. The summed E-state index contributed by atoms with van der Waals surface area (Å²) < 4.78 is 39.5. The van der Waals surface area contributed by atoms with Gasteiger partial charge in [-0.3, -0.25) is 4.79 Å². The normalized spacial score (nSPS) is 11.9. The Morgan fingerprint density at radius 2 is 1.88 bits per heavy atom. The number of ether oxygens (including phenoxy) is 1. The second kappa shape index (κ2) is 8.33. The van der Waals surface area contributed by atoms with Crippen LogP contribution in [0.3, 0.4) is 0 Å². The molecule has 0 aromatic carbocycles. The van der Waals surface area contributed by atoms with Crippen molar-refractivity contribution in [1.82, 2.24) is 5.32 Å². The molecule has 6 heteroatoms. The first kappa shape index (κ1) is 16.2. The molecule has 0 rings (SSSR count). The molecule has 3 nitrogen and oxygen atoms in total. The lowest BCUT2D eigenvalue weighted by atomic mass is 10.0. The minimum absolute atomic E-state index is 0.00269. The fourth-order valence-corrected chi connectivity index (χ4v) is 1.38. The predicted molar refractivity (Wildman–Crippen MR) is 58.6 cm³/mol. The molecule has 0 heterocycles. The molecule has 0 aromatic rings. The molecule has 0 fully saturated rings. The van der Waals surface area contributed by atoms with Crippen LogP contribution in [0.1, 0.15) is 33.1 Å². The number of amides is 1. The van der Waals surface area contributed by atoms with E-state index in [-0.39, 0.29) is 18.4 Å². The highest BCUT2D eigenvalue weighted by atomic mass is 19.4. The zero-order valence-corrected chi connectivity index (χ0v) is 10.3. The summed E-state index contributed by atoms with van der Waals surface area (Å²) >= 11 is 0. The number of halogens is 3. The number of rotatable bonds is 8. The van der Waals surface area contributed by atoms with E-state index in [1.807, 2.05) is 13.8 Å². The van der Waals surface area contributed by atoms with Crippen molar-refractivity contribution in [3.8, 4) is 0 Å². The van der Waals surface area contributed by atoms with Crippen LogP contribution in [-0.2, 0) is 9.53 Å². The van der Waals surface area contributed by atoms with Gasteiger partial charge in [-0.25, -0.2) is 0 Å². The number of hydrogen-bond donors (Lipinski definition) is 1. The molecule has 0 aromatic heterocycles. The quantitative estimate of drug-likeness (QED) is 0.677. The SMILES string of the molecule is CCC(CC)C(=O)NCCCOCC(F)(F)F. The van der Waals surface area contributed by atoms with Crippen LogP contribution >= 0.6 is 0 Å². The maximum absolute atomic E-state index is 11.7. The van der Waals surface area contributed by atoms with Crippen LogP contribution in [0.25, 0.3) is 0 Å². The van der Waals surface area contributed by atoms with Gasteiger partial charge in [0.25, 0.3) is 0 Å². The summed E-state index contributed by atoms with van der Waals surface area (Å²) in [5.41, 5.74) is 0. The molecule has 17 heavy (non-hydrogen) atoms. The molecule has 1 N–H and O–H groups in total. The lowest BCUT2D eigenvalue weighted by molar-refractivity contribution is -0.174. The summed E-state index contributed by atoms with van der Waals surface area (Å²) in [6, 6.07) is 0. The van der Waals surface area contributed by atoms with Gasteiger partial charge in [-0.1, -0.05) is 13.8 Å². The number of carbonyl (C=O) groups is 1. The Hall–Kier alpha value is -0.780. The average molecular weight is 255 g/mol. The van der Waals surface area contributed by atoms with E-state index < -0.39 is 12.8 Å². The number of alkyl halides is 3. The number of hydrogen-bond acceptors (Lipinski definition) is 2. The lowest BCUT2D eigenvalue weighted by Gasteiger charge is -2.12. The highest BCUT2D eigenvalue weighted by Gasteiger charge is 2.27. The Morgan fingerprint density at radius 3 is 2.35 bits per heavy atom.